The third kappa shape index (κ3) is 4.96. The number of hydrogen-bond donors (Lipinski definition) is 2. The third-order valence-electron chi connectivity index (χ3n) is 3.25. The van der Waals surface area contributed by atoms with Crippen molar-refractivity contribution in [2.24, 2.45) is 5.92 Å². The second-order valence-electron chi connectivity index (χ2n) is 5.42. The van der Waals surface area contributed by atoms with Crippen molar-refractivity contribution in [2.75, 3.05) is 26.3 Å². The van der Waals surface area contributed by atoms with Gasteiger partial charge in [0.05, 0.1) is 13.2 Å². The molecule has 116 valence electrons. The fourth-order valence-corrected chi connectivity index (χ4v) is 1.99. The number of amides is 2. The molecule has 1 heterocycles. The molecular weight excluding hydrogens is 267 g/mol. The summed E-state index contributed by atoms with van der Waals surface area (Å²) in [7, 11) is 0. The largest absolute Gasteiger partial charge is 0.477 e. The normalized spacial score (nSPS) is 18.7. The lowest BCUT2D eigenvalue weighted by Gasteiger charge is -2.30. The minimum atomic E-state index is -2.70. The Hall–Kier alpha value is -1.37. The van der Waals surface area contributed by atoms with Crippen LogP contribution in [0, 0.1) is 5.92 Å². The summed E-state index contributed by atoms with van der Waals surface area (Å²) in [6.45, 7) is 5.40. The van der Waals surface area contributed by atoms with Crippen molar-refractivity contribution >= 4 is 12.0 Å². The predicted octanol–water partition coefficient (Wildman–Crippen LogP) is 1.60. The van der Waals surface area contributed by atoms with Crippen LogP contribution in [0.3, 0.4) is 0 Å². The molecule has 1 fully saturated rings. The van der Waals surface area contributed by atoms with Gasteiger partial charge in [-0.15, -0.1) is 0 Å². The number of nitrogens with one attached hydrogen (secondary N) is 1. The molecule has 0 radical (unpaired) electrons. The SMILES string of the molecule is CC(C)CCCC(F)(NC(=O)N1CCOCC1)C(=O)O. The van der Waals surface area contributed by atoms with Gasteiger partial charge in [-0.05, 0) is 12.3 Å². The van der Waals surface area contributed by atoms with E-state index in [0.29, 0.717) is 45.1 Å². The minimum Gasteiger partial charge on any atom is -0.477 e. The number of carbonyl (C=O) groups excluding carboxylic acids is 1. The fraction of sp³-hybridized carbons (Fsp3) is 0.846. The highest BCUT2D eigenvalue weighted by molar-refractivity contribution is 5.84. The molecule has 1 atom stereocenters. The maximum atomic E-state index is 14.4. The molecule has 0 aromatic heterocycles. The number of rotatable bonds is 6. The first kappa shape index (κ1) is 16.7. The summed E-state index contributed by atoms with van der Waals surface area (Å²) < 4.78 is 19.5. The summed E-state index contributed by atoms with van der Waals surface area (Å²) in [6.07, 6.45) is 0.896. The summed E-state index contributed by atoms with van der Waals surface area (Å²) in [5.74, 6) is -3.99. The van der Waals surface area contributed by atoms with Crippen molar-refractivity contribution in [1.29, 1.82) is 0 Å². The molecule has 1 aliphatic rings. The number of alkyl halides is 1. The van der Waals surface area contributed by atoms with Gasteiger partial charge in [-0.3, -0.25) is 5.32 Å². The van der Waals surface area contributed by atoms with E-state index in [4.69, 9.17) is 9.84 Å². The summed E-state index contributed by atoms with van der Waals surface area (Å²) in [4.78, 5) is 24.3. The second-order valence-corrected chi connectivity index (χ2v) is 5.42. The average molecular weight is 290 g/mol. The van der Waals surface area contributed by atoms with Crippen LogP contribution in [0.5, 0.6) is 0 Å². The van der Waals surface area contributed by atoms with Crippen molar-refractivity contribution in [3.8, 4) is 0 Å². The Morgan fingerprint density at radius 1 is 1.40 bits per heavy atom. The van der Waals surface area contributed by atoms with E-state index in [1.165, 1.54) is 4.90 Å². The molecule has 1 rings (SSSR count). The molecule has 0 bridgehead atoms. The Morgan fingerprint density at radius 2 is 2.00 bits per heavy atom. The van der Waals surface area contributed by atoms with E-state index < -0.39 is 17.8 Å². The first-order chi connectivity index (χ1) is 9.35. The van der Waals surface area contributed by atoms with Crippen LogP contribution < -0.4 is 5.32 Å². The first-order valence-electron chi connectivity index (χ1n) is 6.92. The smallest absolute Gasteiger partial charge is 0.362 e. The van der Waals surface area contributed by atoms with Crippen molar-refractivity contribution in [1.82, 2.24) is 10.2 Å². The number of aliphatic carboxylic acids is 1. The van der Waals surface area contributed by atoms with Gasteiger partial charge in [-0.1, -0.05) is 20.3 Å². The van der Waals surface area contributed by atoms with Crippen LogP contribution in [0.15, 0.2) is 0 Å². The number of carboxylic acids is 1. The van der Waals surface area contributed by atoms with Gasteiger partial charge < -0.3 is 14.7 Å². The topological polar surface area (TPSA) is 78.9 Å². The lowest BCUT2D eigenvalue weighted by molar-refractivity contribution is -0.153. The van der Waals surface area contributed by atoms with Crippen molar-refractivity contribution in [3.63, 3.8) is 0 Å². The van der Waals surface area contributed by atoms with E-state index in [1.54, 1.807) is 0 Å². The van der Waals surface area contributed by atoms with E-state index in [1.807, 2.05) is 19.2 Å². The molecule has 2 N–H and O–H groups in total. The molecule has 20 heavy (non-hydrogen) atoms. The number of urea groups is 1. The molecule has 0 aromatic rings. The monoisotopic (exact) mass is 290 g/mol. The fourth-order valence-electron chi connectivity index (χ4n) is 1.99. The lowest BCUT2D eigenvalue weighted by Crippen LogP contribution is -2.56. The predicted molar refractivity (Wildman–Crippen MR) is 71.1 cm³/mol. The van der Waals surface area contributed by atoms with E-state index in [9.17, 15) is 14.0 Å². The van der Waals surface area contributed by atoms with Gasteiger partial charge in [-0.25, -0.2) is 14.0 Å². The molecule has 0 saturated carbocycles. The number of nitrogens with zero attached hydrogens (tertiary/aromatic N) is 1. The van der Waals surface area contributed by atoms with Crippen molar-refractivity contribution in [2.45, 2.75) is 38.9 Å². The van der Waals surface area contributed by atoms with Crippen LogP contribution in [0.25, 0.3) is 0 Å². The van der Waals surface area contributed by atoms with Crippen LogP contribution in [0.1, 0.15) is 33.1 Å². The molecule has 1 aliphatic heterocycles. The Labute approximate surface area is 118 Å². The Kier molecular flexibility index (Phi) is 6.19. The molecule has 7 heteroatoms. The molecule has 0 aromatic carbocycles. The zero-order valence-corrected chi connectivity index (χ0v) is 12.0. The average Bonchev–Trinajstić information content (AvgIpc) is 2.39. The lowest BCUT2D eigenvalue weighted by atomic mass is 10.0. The van der Waals surface area contributed by atoms with Gasteiger partial charge in [0.2, 0.25) is 0 Å². The molecule has 1 unspecified atom stereocenters. The van der Waals surface area contributed by atoms with Crippen LogP contribution >= 0.6 is 0 Å². The number of hydrogen-bond acceptors (Lipinski definition) is 3. The van der Waals surface area contributed by atoms with E-state index >= 15 is 0 Å². The highest BCUT2D eigenvalue weighted by Crippen LogP contribution is 2.19. The molecule has 0 aliphatic carbocycles. The van der Waals surface area contributed by atoms with Gasteiger partial charge >= 0.3 is 12.0 Å². The molecule has 1 saturated heterocycles. The second kappa shape index (κ2) is 7.42. The summed E-state index contributed by atoms with van der Waals surface area (Å²) in [5, 5.41) is 11.0. The van der Waals surface area contributed by atoms with Crippen molar-refractivity contribution < 1.29 is 23.8 Å². The maximum Gasteiger partial charge on any atom is 0.362 e. The van der Waals surface area contributed by atoms with Crippen LogP contribution in [0.4, 0.5) is 9.18 Å². The number of ether oxygens (including phenoxy) is 1. The highest BCUT2D eigenvalue weighted by atomic mass is 19.1. The Bertz CT molecular complexity index is 345. The Morgan fingerprint density at radius 3 is 2.50 bits per heavy atom. The maximum absolute atomic E-state index is 14.4. The quantitative estimate of drug-likeness (QED) is 0.728. The first-order valence-corrected chi connectivity index (χ1v) is 6.92. The molecular formula is C13H23FN2O4. The van der Waals surface area contributed by atoms with E-state index in [0.717, 1.165) is 0 Å². The summed E-state index contributed by atoms with van der Waals surface area (Å²) in [5.41, 5.74) is 0. The van der Waals surface area contributed by atoms with Crippen LogP contribution in [-0.2, 0) is 9.53 Å². The van der Waals surface area contributed by atoms with Gasteiger partial charge in [0.25, 0.3) is 5.79 Å². The van der Waals surface area contributed by atoms with E-state index in [-0.39, 0.29) is 6.42 Å². The number of carbonyl (C=O) groups is 2. The molecule has 6 nitrogen and oxygen atoms in total. The number of morpholine rings is 1. The summed E-state index contributed by atoms with van der Waals surface area (Å²) >= 11 is 0. The van der Waals surface area contributed by atoms with Gasteiger partial charge in [0, 0.05) is 19.5 Å². The van der Waals surface area contributed by atoms with Crippen LogP contribution in [-0.4, -0.2) is 54.1 Å². The third-order valence-corrected chi connectivity index (χ3v) is 3.25. The highest BCUT2D eigenvalue weighted by Gasteiger charge is 2.41. The minimum absolute atomic E-state index is 0.226. The molecule has 2 amide bonds. The standard InChI is InChI=1S/C13H23FN2O4/c1-10(2)4-3-5-13(14,11(17)18)15-12(19)16-6-8-20-9-7-16/h10H,3-9H2,1-2H3,(H,15,19)(H,17,18). The van der Waals surface area contributed by atoms with Crippen LogP contribution in [0.2, 0.25) is 0 Å². The van der Waals surface area contributed by atoms with Gasteiger partial charge in [-0.2, -0.15) is 0 Å². The van der Waals surface area contributed by atoms with E-state index in [2.05, 4.69) is 0 Å². The van der Waals surface area contributed by atoms with Gasteiger partial charge in [0.15, 0.2) is 0 Å². The Balaban J connectivity index is 2.55. The summed E-state index contributed by atoms with van der Waals surface area (Å²) in [6, 6.07) is -0.692. The zero-order chi connectivity index (χ0) is 15.2. The number of halogens is 1. The van der Waals surface area contributed by atoms with Crippen molar-refractivity contribution in [3.05, 3.63) is 0 Å². The zero-order valence-electron chi connectivity index (χ0n) is 12.0. The molecule has 0 spiro atoms. The number of carboxylic acid groups (broad SMARTS) is 1. The van der Waals surface area contributed by atoms with Gasteiger partial charge in [0.1, 0.15) is 0 Å².